The molecule has 0 spiro atoms. The van der Waals surface area contributed by atoms with Gasteiger partial charge in [-0.05, 0) is 18.6 Å². The molecule has 0 unspecified atom stereocenters. The van der Waals surface area contributed by atoms with E-state index < -0.39 is 12.1 Å². The summed E-state index contributed by atoms with van der Waals surface area (Å²) in [6.07, 6.45) is -0.217. The van der Waals surface area contributed by atoms with Gasteiger partial charge in [-0.25, -0.2) is 9.59 Å². The van der Waals surface area contributed by atoms with Crippen molar-refractivity contribution in [3.63, 3.8) is 0 Å². The van der Waals surface area contributed by atoms with Crippen molar-refractivity contribution in [1.29, 1.82) is 0 Å². The maximum atomic E-state index is 11.1. The van der Waals surface area contributed by atoms with Crippen molar-refractivity contribution in [2.45, 2.75) is 13.3 Å². The highest BCUT2D eigenvalue weighted by Crippen LogP contribution is 2.18. The van der Waals surface area contributed by atoms with Gasteiger partial charge in [0.1, 0.15) is 11.3 Å². The van der Waals surface area contributed by atoms with Crippen molar-refractivity contribution in [3.8, 4) is 5.75 Å². The number of carboxylic acids is 1. The van der Waals surface area contributed by atoms with E-state index in [-0.39, 0.29) is 17.9 Å². The van der Waals surface area contributed by atoms with E-state index in [1.165, 1.54) is 12.1 Å². The second-order valence-electron chi connectivity index (χ2n) is 3.00. The minimum Gasteiger partial charge on any atom is -0.478 e. The fourth-order valence-electron chi connectivity index (χ4n) is 1.04. The van der Waals surface area contributed by atoms with E-state index in [4.69, 9.17) is 9.84 Å². The third-order valence-electron chi connectivity index (χ3n) is 1.73. The predicted molar refractivity (Wildman–Crippen MR) is 55.7 cm³/mol. The van der Waals surface area contributed by atoms with Gasteiger partial charge in [-0.1, -0.05) is 19.1 Å². The molecule has 86 valence electrons. The van der Waals surface area contributed by atoms with Crippen molar-refractivity contribution in [3.05, 3.63) is 29.8 Å². The van der Waals surface area contributed by atoms with Gasteiger partial charge in [0.2, 0.25) is 0 Å². The molecule has 5 heteroatoms. The monoisotopic (exact) mass is 224 g/mol. The Balaban J connectivity index is 2.73. The molecule has 0 bridgehead atoms. The molecule has 0 heterocycles. The molecular weight excluding hydrogens is 212 g/mol. The summed E-state index contributed by atoms with van der Waals surface area (Å²) in [5.74, 6) is -1.17. The van der Waals surface area contributed by atoms with E-state index in [2.05, 4.69) is 4.74 Å². The fourth-order valence-corrected chi connectivity index (χ4v) is 1.04. The lowest BCUT2D eigenvalue weighted by atomic mass is 10.2. The summed E-state index contributed by atoms with van der Waals surface area (Å²) in [5.41, 5.74) is -0.0732. The van der Waals surface area contributed by atoms with E-state index in [0.29, 0.717) is 6.42 Å². The summed E-state index contributed by atoms with van der Waals surface area (Å²) in [5, 5.41) is 8.82. The van der Waals surface area contributed by atoms with Gasteiger partial charge in [-0.3, -0.25) is 0 Å². The minimum absolute atomic E-state index is 0.0175. The first-order valence-electron chi connectivity index (χ1n) is 4.82. The molecule has 0 aliphatic rings. The summed E-state index contributed by atoms with van der Waals surface area (Å²) in [6, 6.07) is 5.88. The number of hydrogen-bond donors (Lipinski definition) is 1. The van der Waals surface area contributed by atoms with Gasteiger partial charge < -0.3 is 14.6 Å². The van der Waals surface area contributed by atoms with Crippen LogP contribution in [-0.4, -0.2) is 23.8 Å². The second kappa shape index (κ2) is 5.75. The molecule has 5 nitrogen and oxygen atoms in total. The SMILES string of the molecule is CCCOC(=O)Oc1ccccc1C(=O)O. The number of carbonyl (C=O) groups excluding carboxylic acids is 1. The Bertz CT molecular complexity index is 386. The number of benzene rings is 1. The molecule has 0 radical (unpaired) electrons. The number of carbonyl (C=O) groups is 2. The van der Waals surface area contributed by atoms with Crippen LogP contribution in [0.4, 0.5) is 4.79 Å². The topological polar surface area (TPSA) is 72.8 Å². The number of para-hydroxylation sites is 1. The highest BCUT2D eigenvalue weighted by atomic mass is 16.7. The summed E-state index contributed by atoms with van der Waals surface area (Å²) in [4.78, 5) is 21.9. The molecule has 0 saturated heterocycles. The molecule has 0 atom stereocenters. The number of hydrogen-bond acceptors (Lipinski definition) is 4. The van der Waals surface area contributed by atoms with Gasteiger partial charge in [-0.15, -0.1) is 0 Å². The average Bonchev–Trinajstić information content (AvgIpc) is 2.27. The smallest absolute Gasteiger partial charge is 0.478 e. The standard InChI is InChI=1S/C11H12O5/c1-2-7-15-11(14)16-9-6-4-3-5-8(9)10(12)13/h3-6H,2,7H2,1H3,(H,12,13). The number of rotatable bonds is 4. The van der Waals surface area contributed by atoms with Crippen LogP contribution in [0.5, 0.6) is 5.75 Å². The Morgan fingerprint density at radius 2 is 2.00 bits per heavy atom. The van der Waals surface area contributed by atoms with Crippen molar-refractivity contribution in [2.24, 2.45) is 0 Å². The molecule has 0 aliphatic heterocycles. The van der Waals surface area contributed by atoms with Crippen LogP contribution in [0.1, 0.15) is 23.7 Å². The lowest BCUT2D eigenvalue weighted by Gasteiger charge is -2.06. The van der Waals surface area contributed by atoms with E-state index in [0.717, 1.165) is 0 Å². The van der Waals surface area contributed by atoms with Crippen LogP contribution in [0, 0.1) is 0 Å². The summed E-state index contributed by atoms with van der Waals surface area (Å²) in [7, 11) is 0. The van der Waals surface area contributed by atoms with Crippen LogP contribution < -0.4 is 4.74 Å². The maximum absolute atomic E-state index is 11.1. The Labute approximate surface area is 92.6 Å². The first-order chi connectivity index (χ1) is 7.65. The van der Waals surface area contributed by atoms with E-state index in [1.54, 1.807) is 12.1 Å². The van der Waals surface area contributed by atoms with Gasteiger partial charge in [0.15, 0.2) is 0 Å². The number of carboxylic acid groups (broad SMARTS) is 1. The van der Waals surface area contributed by atoms with Crippen LogP contribution in [0.25, 0.3) is 0 Å². The molecule has 0 aromatic heterocycles. The highest BCUT2D eigenvalue weighted by Gasteiger charge is 2.14. The number of aromatic carboxylic acids is 1. The molecule has 0 saturated carbocycles. The average molecular weight is 224 g/mol. The molecule has 16 heavy (non-hydrogen) atoms. The molecule has 0 amide bonds. The van der Waals surface area contributed by atoms with E-state index in [9.17, 15) is 9.59 Å². The van der Waals surface area contributed by atoms with Crippen molar-refractivity contribution >= 4 is 12.1 Å². The van der Waals surface area contributed by atoms with Crippen LogP contribution >= 0.6 is 0 Å². The van der Waals surface area contributed by atoms with Crippen molar-refractivity contribution < 1.29 is 24.2 Å². The van der Waals surface area contributed by atoms with Crippen LogP contribution in [0.3, 0.4) is 0 Å². The Morgan fingerprint density at radius 1 is 1.31 bits per heavy atom. The maximum Gasteiger partial charge on any atom is 0.513 e. The van der Waals surface area contributed by atoms with Crippen LogP contribution in [-0.2, 0) is 4.74 Å². The first kappa shape index (κ1) is 12.0. The van der Waals surface area contributed by atoms with Crippen LogP contribution in [0.15, 0.2) is 24.3 Å². The van der Waals surface area contributed by atoms with E-state index in [1.807, 2.05) is 6.92 Å². The zero-order chi connectivity index (χ0) is 12.0. The molecule has 1 rings (SSSR count). The Kier molecular flexibility index (Phi) is 4.32. The van der Waals surface area contributed by atoms with Gasteiger partial charge >= 0.3 is 12.1 Å². The summed E-state index contributed by atoms with van der Waals surface area (Å²) in [6.45, 7) is 2.09. The molecule has 1 aromatic carbocycles. The largest absolute Gasteiger partial charge is 0.513 e. The van der Waals surface area contributed by atoms with Crippen molar-refractivity contribution in [2.75, 3.05) is 6.61 Å². The number of ether oxygens (including phenoxy) is 2. The Hall–Kier alpha value is -2.04. The molecule has 1 aromatic rings. The normalized spacial score (nSPS) is 9.56. The predicted octanol–water partition coefficient (Wildman–Crippen LogP) is 2.31. The lowest BCUT2D eigenvalue weighted by molar-refractivity contribution is 0.0689. The van der Waals surface area contributed by atoms with Gasteiger partial charge in [0, 0.05) is 0 Å². The summed E-state index contributed by atoms with van der Waals surface area (Å²) >= 11 is 0. The third-order valence-corrected chi connectivity index (χ3v) is 1.73. The third kappa shape index (κ3) is 3.27. The Morgan fingerprint density at radius 3 is 2.62 bits per heavy atom. The molecule has 0 fully saturated rings. The van der Waals surface area contributed by atoms with Gasteiger partial charge in [0.25, 0.3) is 0 Å². The quantitative estimate of drug-likeness (QED) is 0.627. The minimum atomic E-state index is -1.15. The van der Waals surface area contributed by atoms with Crippen molar-refractivity contribution in [1.82, 2.24) is 0 Å². The second-order valence-corrected chi connectivity index (χ2v) is 3.00. The zero-order valence-electron chi connectivity index (χ0n) is 8.80. The molecule has 1 N–H and O–H groups in total. The van der Waals surface area contributed by atoms with Gasteiger partial charge in [-0.2, -0.15) is 0 Å². The fraction of sp³-hybridized carbons (Fsp3) is 0.273. The molecule has 0 aliphatic carbocycles. The zero-order valence-corrected chi connectivity index (χ0v) is 8.80. The van der Waals surface area contributed by atoms with E-state index >= 15 is 0 Å². The highest BCUT2D eigenvalue weighted by molar-refractivity contribution is 5.91. The van der Waals surface area contributed by atoms with Gasteiger partial charge in [0.05, 0.1) is 6.61 Å². The summed E-state index contributed by atoms with van der Waals surface area (Å²) < 4.78 is 9.44. The molecular formula is C11H12O5. The van der Waals surface area contributed by atoms with Crippen LogP contribution in [0.2, 0.25) is 0 Å². The first-order valence-corrected chi connectivity index (χ1v) is 4.82. The lowest BCUT2D eigenvalue weighted by Crippen LogP contribution is -2.13.